The molecule has 2 heterocycles. The number of nitrogens with one attached hydrogen (secondary N) is 3. The highest BCUT2D eigenvalue weighted by Gasteiger charge is 2.12. The summed E-state index contributed by atoms with van der Waals surface area (Å²) in [6.07, 6.45) is 0. The number of amides is 1. The standard InChI is InChI=1S/C21H19ClN4O2/c22-16-5-3-15(4-6-16)18-9-10-19(28-18)20(27)25-13-14-1-7-17(8-2-14)26-21-23-11-12-24-21/h1-10H,11-13H2,(H,25,27)(H2,23,24,26). The average Bonchev–Trinajstić information content (AvgIpc) is 3.40. The number of carbonyl (C=O) groups is 1. The normalized spacial score (nSPS) is 13.0. The predicted octanol–water partition coefficient (Wildman–Crippen LogP) is 3.90. The molecule has 1 aromatic heterocycles. The topological polar surface area (TPSA) is 78.7 Å². The third-order valence-electron chi connectivity index (χ3n) is 4.30. The van der Waals surface area contributed by atoms with Gasteiger partial charge in [0.2, 0.25) is 0 Å². The molecular weight excluding hydrogens is 376 g/mol. The van der Waals surface area contributed by atoms with E-state index in [2.05, 4.69) is 20.9 Å². The average molecular weight is 395 g/mol. The van der Waals surface area contributed by atoms with E-state index in [4.69, 9.17) is 16.0 Å². The number of furan rings is 1. The van der Waals surface area contributed by atoms with Crippen molar-refractivity contribution < 1.29 is 9.21 Å². The predicted molar refractivity (Wildman–Crippen MR) is 111 cm³/mol. The quantitative estimate of drug-likeness (QED) is 0.613. The van der Waals surface area contributed by atoms with E-state index in [0.717, 1.165) is 35.9 Å². The molecule has 2 aromatic carbocycles. The highest BCUT2D eigenvalue weighted by atomic mass is 35.5. The number of benzene rings is 2. The van der Waals surface area contributed by atoms with Gasteiger partial charge in [0.05, 0.1) is 6.54 Å². The molecule has 0 atom stereocenters. The molecule has 0 saturated heterocycles. The van der Waals surface area contributed by atoms with E-state index in [1.165, 1.54) is 0 Å². The smallest absolute Gasteiger partial charge is 0.287 e. The van der Waals surface area contributed by atoms with Crippen molar-refractivity contribution in [3.8, 4) is 11.3 Å². The molecule has 28 heavy (non-hydrogen) atoms. The van der Waals surface area contributed by atoms with Gasteiger partial charge >= 0.3 is 0 Å². The molecule has 1 aliphatic rings. The van der Waals surface area contributed by atoms with E-state index in [1.807, 2.05) is 36.4 Å². The summed E-state index contributed by atoms with van der Waals surface area (Å²) in [5, 5.41) is 9.89. The molecule has 1 amide bonds. The van der Waals surface area contributed by atoms with Crippen LogP contribution < -0.4 is 16.0 Å². The van der Waals surface area contributed by atoms with E-state index in [9.17, 15) is 4.79 Å². The van der Waals surface area contributed by atoms with Crippen LogP contribution in [-0.4, -0.2) is 25.0 Å². The number of hydrogen-bond acceptors (Lipinski definition) is 5. The van der Waals surface area contributed by atoms with E-state index in [0.29, 0.717) is 17.3 Å². The molecule has 6 nitrogen and oxygen atoms in total. The van der Waals surface area contributed by atoms with Gasteiger partial charge in [0.15, 0.2) is 11.7 Å². The molecule has 1 aliphatic heterocycles. The first kappa shape index (κ1) is 18.1. The van der Waals surface area contributed by atoms with Crippen molar-refractivity contribution in [1.29, 1.82) is 0 Å². The lowest BCUT2D eigenvalue weighted by atomic mass is 10.2. The van der Waals surface area contributed by atoms with Crippen LogP contribution in [0.15, 0.2) is 70.1 Å². The fraction of sp³-hybridized carbons (Fsp3) is 0.143. The van der Waals surface area contributed by atoms with E-state index in [-0.39, 0.29) is 11.7 Å². The first-order chi connectivity index (χ1) is 13.7. The first-order valence-electron chi connectivity index (χ1n) is 8.96. The number of aliphatic imine (C=N–C) groups is 1. The molecule has 3 N–H and O–H groups in total. The summed E-state index contributed by atoms with van der Waals surface area (Å²) < 4.78 is 5.67. The Morgan fingerprint density at radius 2 is 1.86 bits per heavy atom. The van der Waals surface area contributed by atoms with Crippen LogP contribution >= 0.6 is 11.6 Å². The largest absolute Gasteiger partial charge is 0.451 e. The number of nitrogens with zero attached hydrogens (tertiary/aromatic N) is 1. The fourth-order valence-corrected chi connectivity index (χ4v) is 2.95. The van der Waals surface area contributed by atoms with Gasteiger partial charge in [0.25, 0.3) is 5.91 Å². The van der Waals surface area contributed by atoms with Gasteiger partial charge in [-0.25, -0.2) is 0 Å². The molecule has 7 heteroatoms. The van der Waals surface area contributed by atoms with Crippen LogP contribution in [0.5, 0.6) is 0 Å². The molecule has 0 bridgehead atoms. The number of carbonyl (C=O) groups excluding carboxylic acids is 1. The summed E-state index contributed by atoms with van der Waals surface area (Å²) in [5.41, 5.74) is 2.81. The summed E-state index contributed by atoms with van der Waals surface area (Å²) >= 11 is 5.90. The van der Waals surface area contributed by atoms with Gasteiger partial charge in [-0.1, -0.05) is 23.7 Å². The zero-order valence-corrected chi connectivity index (χ0v) is 15.8. The minimum Gasteiger partial charge on any atom is -0.451 e. The second-order valence-corrected chi connectivity index (χ2v) is 6.77. The van der Waals surface area contributed by atoms with Crippen LogP contribution in [0.25, 0.3) is 11.3 Å². The molecule has 0 aliphatic carbocycles. The zero-order chi connectivity index (χ0) is 19.3. The summed E-state index contributed by atoms with van der Waals surface area (Å²) in [7, 11) is 0. The summed E-state index contributed by atoms with van der Waals surface area (Å²) in [4.78, 5) is 16.6. The van der Waals surface area contributed by atoms with Gasteiger partial charge in [-0.3, -0.25) is 9.79 Å². The number of anilines is 1. The van der Waals surface area contributed by atoms with Gasteiger partial charge < -0.3 is 20.4 Å². The molecule has 3 aromatic rings. The second-order valence-electron chi connectivity index (χ2n) is 6.33. The molecule has 0 spiro atoms. The zero-order valence-electron chi connectivity index (χ0n) is 15.0. The van der Waals surface area contributed by atoms with Crippen LogP contribution in [0.1, 0.15) is 16.1 Å². The number of halogens is 1. The van der Waals surface area contributed by atoms with Crippen LogP contribution in [0, 0.1) is 0 Å². The second kappa shape index (κ2) is 8.19. The minimum absolute atomic E-state index is 0.257. The highest BCUT2D eigenvalue weighted by molar-refractivity contribution is 6.30. The van der Waals surface area contributed by atoms with Crippen molar-refractivity contribution >= 4 is 29.2 Å². The van der Waals surface area contributed by atoms with Gasteiger partial charge in [-0.2, -0.15) is 0 Å². The van der Waals surface area contributed by atoms with Crippen molar-refractivity contribution in [2.75, 3.05) is 18.4 Å². The lowest BCUT2D eigenvalue weighted by molar-refractivity contribution is 0.0924. The maximum Gasteiger partial charge on any atom is 0.287 e. The highest BCUT2D eigenvalue weighted by Crippen LogP contribution is 2.23. The fourth-order valence-electron chi connectivity index (χ4n) is 2.82. The molecule has 0 radical (unpaired) electrons. The van der Waals surface area contributed by atoms with Gasteiger partial charge in [0.1, 0.15) is 5.76 Å². The van der Waals surface area contributed by atoms with Crippen LogP contribution in [0.4, 0.5) is 5.69 Å². The van der Waals surface area contributed by atoms with Gasteiger partial charge in [0, 0.05) is 29.4 Å². The Morgan fingerprint density at radius 1 is 1.07 bits per heavy atom. The molecule has 0 unspecified atom stereocenters. The monoisotopic (exact) mass is 394 g/mol. The van der Waals surface area contributed by atoms with Gasteiger partial charge in [-0.15, -0.1) is 0 Å². The maximum absolute atomic E-state index is 12.4. The molecule has 0 fully saturated rings. The van der Waals surface area contributed by atoms with E-state index >= 15 is 0 Å². The Hall–Kier alpha value is -3.25. The lowest BCUT2D eigenvalue weighted by Gasteiger charge is -2.08. The summed E-state index contributed by atoms with van der Waals surface area (Å²) in [5.74, 6) is 1.43. The molecule has 4 rings (SSSR count). The first-order valence-corrected chi connectivity index (χ1v) is 9.33. The van der Waals surface area contributed by atoms with Crippen molar-refractivity contribution in [1.82, 2.24) is 10.6 Å². The summed E-state index contributed by atoms with van der Waals surface area (Å²) in [6, 6.07) is 18.5. The Labute approximate surface area is 167 Å². The van der Waals surface area contributed by atoms with Crippen LogP contribution in [0.2, 0.25) is 5.02 Å². The Bertz CT molecular complexity index is 994. The SMILES string of the molecule is O=C(NCc1ccc(NC2=NCCN2)cc1)c1ccc(-c2ccc(Cl)cc2)o1. The molecular formula is C21H19ClN4O2. The van der Waals surface area contributed by atoms with Crippen molar-refractivity contribution in [2.24, 2.45) is 4.99 Å². The lowest BCUT2D eigenvalue weighted by Crippen LogP contribution is -2.26. The van der Waals surface area contributed by atoms with Crippen LogP contribution in [0.3, 0.4) is 0 Å². The van der Waals surface area contributed by atoms with Crippen molar-refractivity contribution in [3.63, 3.8) is 0 Å². The number of hydrogen-bond donors (Lipinski definition) is 3. The summed E-state index contributed by atoms with van der Waals surface area (Å²) in [6.45, 7) is 2.06. The number of guanidine groups is 1. The Kier molecular flexibility index (Phi) is 5.30. The molecule has 142 valence electrons. The maximum atomic E-state index is 12.4. The minimum atomic E-state index is -0.257. The van der Waals surface area contributed by atoms with Crippen molar-refractivity contribution in [3.05, 3.63) is 77.0 Å². The van der Waals surface area contributed by atoms with Gasteiger partial charge in [-0.05, 0) is 54.1 Å². The number of rotatable bonds is 5. The van der Waals surface area contributed by atoms with E-state index in [1.54, 1.807) is 24.3 Å². The van der Waals surface area contributed by atoms with E-state index < -0.39 is 0 Å². The van der Waals surface area contributed by atoms with Crippen LogP contribution in [-0.2, 0) is 6.54 Å². The third kappa shape index (κ3) is 4.35. The Balaban J connectivity index is 1.33. The third-order valence-corrected chi connectivity index (χ3v) is 4.55. The Morgan fingerprint density at radius 3 is 2.57 bits per heavy atom. The molecule has 0 saturated carbocycles. The van der Waals surface area contributed by atoms with Crippen molar-refractivity contribution in [2.45, 2.75) is 6.54 Å².